The predicted molar refractivity (Wildman–Crippen MR) is 126 cm³/mol. The van der Waals surface area contributed by atoms with Crippen molar-refractivity contribution >= 4 is 21.8 Å². The van der Waals surface area contributed by atoms with E-state index in [4.69, 9.17) is 0 Å². The molecule has 6 rings (SSSR count). The molecule has 0 saturated carbocycles. The lowest BCUT2D eigenvalue weighted by Gasteiger charge is -2.05. The highest BCUT2D eigenvalue weighted by Gasteiger charge is 2.06. The van der Waals surface area contributed by atoms with E-state index in [2.05, 4.69) is 119 Å². The van der Waals surface area contributed by atoms with Gasteiger partial charge in [0.25, 0.3) is 0 Å². The summed E-state index contributed by atoms with van der Waals surface area (Å²) < 4.78 is 0. The van der Waals surface area contributed by atoms with E-state index in [0.717, 1.165) is 11.4 Å². The van der Waals surface area contributed by atoms with Gasteiger partial charge in [0, 0.05) is 33.2 Å². The van der Waals surface area contributed by atoms with Crippen LogP contribution < -0.4 is 0 Å². The molecule has 0 unspecified atom stereocenters. The Morgan fingerprint density at radius 2 is 0.733 bits per heavy atom. The normalized spacial score (nSPS) is 11.3. The third kappa shape index (κ3) is 2.90. The van der Waals surface area contributed by atoms with Crippen molar-refractivity contribution in [3.05, 3.63) is 109 Å². The van der Waals surface area contributed by atoms with Crippen molar-refractivity contribution in [1.29, 1.82) is 0 Å². The van der Waals surface area contributed by atoms with Gasteiger partial charge in [-0.25, -0.2) is 0 Å². The van der Waals surface area contributed by atoms with E-state index in [0.29, 0.717) is 0 Å². The zero-order valence-corrected chi connectivity index (χ0v) is 16.4. The van der Waals surface area contributed by atoms with Gasteiger partial charge in [0.05, 0.1) is 0 Å². The molecule has 2 heteroatoms. The standard InChI is InChI=1S/C28H20N2/c1-3-7-25-23(5-1)17-27(29-25)21-13-9-19(10-14-21)20-11-15-22(16-12-20)28-18-24-6-2-4-8-26(24)30-28/h1-18,29-30H. The van der Waals surface area contributed by atoms with Crippen molar-refractivity contribution in [2.75, 3.05) is 0 Å². The van der Waals surface area contributed by atoms with Gasteiger partial charge in [0.1, 0.15) is 0 Å². The summed E-state index contributed by atoms with van der Waals surface area (Å²) in [6.45, 7) is 0. The van der Waals surface area contributed by atoms with Crippen molar-refractivity contribution in [2.45, 2.75) is 0 Å². The first-order chi connectivity index (χ1) is 14.8. The zero-order valence-electron chi connectivity index (χ0n) is 16.4. The smallest absolute Gasteiger partial charge is 0.0464 e. The summed E-state index contributed by atoms with van der Waals surface area (Å²) in [6.07, 6.45) is 0. The molecule has 4 aromatic carbocycles. The van der Waals surface area contributed by atoms with Crippen LogP contribution in [0, 0.1) is 0 Å². The maximum absolute atomic E-state index is 3.50. The molecule has 6 aromatic rings. The number of aromatic amines is 2. The van der Waals surface area contributed by atoms with Gasteiger partial charge in [-0.2, -0.15) is 0 Å². The van der Waals surface area contributed by atoms with Crippen molar-refractivity contribution < 1.29 is 0 Å². The Morgan fingerprint density at radius 3 is 1.13 bits per heavy atom. The Balaban J connectivity index is 1.28. The largest absolute Gasteiger partial charge is 0.355 e. The average molecular weight is 384 g/mol. The van der Waals surface area contributed by atoms with Gasteiger partial charge in [0.2, 0.25) is 0 Å². The number of rotatable bonds is 3. The minimum absolute atomic E-state index is 1.15. The molecule has 30 heavy (non-hydrogen) atoms. The molecule has 0 saturated heterocycles. The lowest BCUT2D eigenvalue weighted by atomic mass is 10.0. The van der Waals surface area contributed by atoms with Gasteiger partial charge in [-0.1, -0.05) is 84.9 Å². The summed E-state index contributed by atoms with van der Waals surface area (Å²) in [4.78, 5) is 7.01. The Labute approximate surface area is 174 Å². The third-order valence-corrected chi connectivity index (χ3v) is 5.79. The number of fused-ring (bicyclic) bond motifs is 2. The summed E-state index contributed by atoms with van der Waals surface area (Å²) in [5, 5.41) is 2.48. The van der Waals surface area contributed by atoms with Crippen molar-refractivity contribution in [1.82, 2.24) is 9.97 Å². The Morgan fingerprint density at radius 1 is 0.367 bits per heavy atom. The maximum Gasteiger partial charge on any atom is 0.0464 e. The van der Waals surface area contributed by atoms with E-state index >= 15 is 0 Å². The highest BCUT2D eigenvalue weighted by atomic mass is 14.7. The average Bonchev–Trinajstić information content (AvgIpc) is 3.44. The first kappa shape index (κ1) is 16.9. The quantitative estimate of drug-likeness (QED) is 0.314. The third-order valence-electron chi connectivity index (χ3n) is 5.79. The van der Waals surface area contributed by atoms with Crippen LogP contribution in [0.3, 0.4) is 0 Å². The zero-order chi connectivity index (χ0) is 19.9. The minimum Gasteiger partial charge on any atom is -0.355 e. The molecule has 0 bridgehead atoms. The fourth-order valence-corrected chi connectivity index (χ4v) is 4.14. The molecule has 0 spiro atoms. The molecule has 2 heterocycles. The van der Waals surface area contributed by atoms with Crippen LogP contribution in [0.2, 0.25) is 0 Å². The second kappa shape index (κ2) is 6.78. The molecule has 2 N–H and O–H groups in total. The van der Waals surface area contributed by atoms with Gasteiger partial charge >= 0.3 is 0 Å². The summed E-state index contributed by atoms with van der Waals surface area (Å²) in [5.41, 5.74) is 9.48. The van der Waals surface area contributed by atoms with Crippen LogP contribution in [-0.4, -0.2) is 9.97 Å². The highest BCUT2D eigenvalue weighted by molar-refractivity contribution is 5.87. The first-order valence-electron chi connectivity index (χ1n) is 10.2. The second-order valence-corrected chi connectivity index (χ2v) is 7.70. The van der Waals surface area contributed by atoms with Crippen LogP contribution in [0.1, 0.15) is 0 Å². The molecular formula is C28H20N2. The van der Waals surface area contributed by atoms with Gasteiger partial charge in [-0.15, -0.1) is 0 Å². The molecule has 0 atom stereocenters. The molecule has 0 amide bonds. The monoisotopic (exact) mass is 384 g/mol. The summed E-state index contributed by atoms with van der Waals surface area (Å²) in [5.74, 6) is 0. The number of aromatic nitrogens is 2. The summed E-state index contributed by atoms with van der Waals surface area (Å²) in [7, 11) is 0. The second-order valence-electron chi connectivity index (χ2n) is 7.70. The lowest BCUT2D eigenvalue weighted by molar-refractivity contribution is 1.44. The molecule has 142 valence electrons. The molecule has 0 aliphatic rings. The Bertz CT molecular complexity index is 1280. The van der Waals surface area contributed by atoms with Gasteiger partial charge in [-0.05, 0) is 46.5 Å². The Kier molecular flexibility index (Phi) is 3.82. The van der Waals surface area contributed by atoms with Crippen LogP contribution in [-0.2, 0) is 0 Å². The minimum atomic E-state index is 1.15. The molecule has 0 fully saturated rings. The maximum atomic E-state index is 3.50. The fraction of sp³-hybridized carbons (Fsp3) is 0. The lowest BCUT2D eigenvalue weighted by Crippen LogP contribution is -1.82. The number of hydrogen-bond acceptors (Lipinski definition) is 0. The molecule has 2 aromatic heterocycles. The number of nitrogens with one attached hydrogen (secondary N) is 2. The van der Waals surface area contributed by atoms with Crippen LogP contribution in [0.5, 0.6) is 0 Å². The van der Waals surface area contributed by atoms with Crippen molar-refractivity contribution in [3.63, 3.8) is 0 Å². The summed E-state index contributed by atoms with van der Waals surface area (Å²) in [6, 6.07) is 38.7. The van der Waals surface area contributed by atoms with Gasteiger partial charge in [-0.3, -0.25) is 0 Å². The van der Waals surface area contributed by atoms with E-state index in [-0.39, 0.29) is 0 Å². The number of hydrogen-bond donors (Lipinski definition) is 2. The number of benzene rings is 4. The van der Waals surface area contributed by atoms with Crippen LogP contribution >= 0.6 is 0 Å². The van der Waals surface area contributed by atoms with E-state index in [1.165, 1.54) is 44.1 Å². The molecule has 0 aliphatic heterocycles. The topological polar surface area (TPSA) is 31.6 Å². The van der Waals surface area contributed by atoms with Crippen LogP contribution in [0.4, 0.5) is 0 Å². The highest BCUT2D eigenvalue weighted by Crippen LogP contribution is 2.29. The van der Waals surface area contributed by atoms with Gasteiger partial charge in [0.15, 0.2) is 0 Å². The predicted octanol–water partition coefficient (Wildman–Crippen LogP) is 7.65. The SMILES string of the molecule is c1ccc2[nH]c(-c3ccc(-c4ccc(-c5cc6ccccc6[nH]5)cc4)cc3)cc2c1. The first-order valence-corrected chi connectivity index (χ1v) is 10.2. The van der Waals surface area contributed by atoms with E-state index < -0.39 is 0 Å². The van der Waals surface area contributed by atoms with Crippen molar-refractivity contribution in [3.8, 4) is 33.6 Å². The van der Waals surface area contributed by atoms with E-state index in [1.54, 1.807) is 0 Å². The van der Waals surface area contributed by atoms with Crippen molar-refractivity contribution in [2.24, 2.45) is 0 Å². The Hall–Kier alpha value is -4.04. The number of H-pyrrole nitrogens is 2. The fourth-order valence-electron chi connectivity index (χ4n) is 4.14. The number of para-hydroxylation sites is 2. The molecule has 2 nitrogen and oxygen atoms in total. The van der Waals surface area contributed by atoms with Gasteiger partial charge < -0.3 is 9.97 Å². The van der Waals surface area contributed by atoms with Crippen LogP contribution in [0.25, 0.3) is 55.4 Å². The van der Waals surface area contributed by atoms with Crippen LogP contribution in [0.15, 0.2) is 109 Å². The van der Waals surface area contributed by atoms with E-state index in [9.17, 15) is 0 Å². The molecule has 0 aliphatic carbocycles. The van der Waals surface area contributed by atoms with E-state index in [1.807, 2.05) is 0 Å². The molecule has 0 radical (unpaired) electrons. The summed E-state index contributed by atoms with van der Waals surface area (Å²) >= 11 is 0. The molecular weight excluding hydrogens is 364 g/mol.